The van der Waals surface area contributed by atoms with Gasteiger partial charge in [-0.05, 0) is 80.4 Å². The number of aryl methyl sites for hydroxylation is 1. The fourth-order valence-corrected chi connectivity index (χ4v) is 7.07. The lowest BCUT2D eigenvalue weighted by Crippen LogP contribution is -2.58. The number of benzene rings is 1. The van der Waals surface area contributed by atoms with E-state index in [1.807, 2.05) is 29.2 Å². The van der Waals surface area contributed by atoms with Crippen molar-refractivity contribution >= 4 is 11.8 Å². The van der Waals surface area contributed by atoms with E-state index in [0.717, 1.165) is 54.7 Å². The van der Waals surface area contributed by atoms with E-state index in [0.29, 0.717) is 38.5 Å². The van der Waals surface area contributed by atoms with Crippen LogP contribution in [0.4, 0.5) is 0 Å². The van der Waals surface area contributed by atoms with Gasteiger partial charge in [0.2, 0.25) is 11.8 Å². The van der Waals surface area contributed by atoms with E-state index < -0.39 is 0 Å². The number of hydrogen-bond donors (Lipinski definition) is 0. The molecule has 0 N–H and O–H groups in total. The zero-order chi connectivity index (χ0) is 20.7. The standard InChI is InChI=1S/C25H34N2O3/c1-30-22-5-2-18(3-6-22)4-7-23(28)26-8-10-27(11-9-26)24(29)25-15-19-12-20(16-25)14-21(13-19)17-25/h2-3,5-6,19-21H,4,7-17H2,1H3. The van der Waals surface area contributed by atoms with Crippen LogP contribution in [0.15, 0.2) is 24.3 Å². The van der Waals surface area contributed by atoms with Crippen LogP contribution in [-0.4, -0.2) is 54.9 Å². The number of amides is 2. The van der Waals surface area contributed by atoms with Crippen molar-refractivity contribution in [2.24, 2.45) is 23.2 Å². The number of methoxy groups -OCH3 is 1. The molecule has 1 aliphatic heterocycles. The van der Waals surface area contributed by atoms with E-state index in [4.69, 9.17) is 4.74 Å². The first-order valence-electron chi connectivity index (χ1n) is 11.7. The Kier molecular flexibility index (Phi) is 5.24. The molecule has 30 heavy (non-hydrogen) atoms. The van der Waals surface area contributed by atoms with Crippen LogP contribution in [0.1, 0.15) is 50.5 Å². The van der Waals surface area contributed by atoms with Crippen LogP contribution in [0, 0.1) is 23.2 Å². The van der Waals surface area contributed by atoms with E-state index in [1.54, 1.807) is 7.11 Å². The Balaban J connectivity index is 1.12. The normalized spacial score (nSPS) is 32.4. The summed E-state index contributed by atoms with van der Waals surface area (Å²) >= 11 is 0. The van der Waals surface area contributed by atoms with Crippen molar-refractivity contribution in [3.63, 3.8) is 0 Å². The van der Waals surface area contributed by atoms with Gasteiger partial charge in [-0.2, -0.15) is 0 Å². The van der Waals surface area contributed by atoms with Gasteiger partial charge in [0.1, 0.15) is 5.75 Å². The molecule has 2 amide bonds. The van der Waals surface area contributed by atoms with Crippen molar-refractivity contribution in [2.75, 3.05) is 33.3 Å². The molecule has 0 spiro atoms. The molecule has 6 rings (SSSR count). The first-order chi connectivity index (χ1) is 14.5. The highest BCUT2D eigenvalue weighted by Gasteiger charge is 2.55. The van der Waals surface area contributed by atoms with Crippen molar-refractivity contribution in [3.05, 3.63) is 29.8 Å². The van der Waals surface area contributed by atoms with Gasteiger partial charge in [0, 0.05) is 32.6 Å². The van der Waals surface area contributed by atoms with Gasteiger partial charge in [0.15, 0.2) is 0 Å². The molecule has 4 saturated carbocycles. The van der Waals surface area contributed by atoms with Crippen molar-refractivity contribution in [1.29, 1.82) is 0 Å². The molecule has 162 valence electrons. The largest absolute Gasteiger partial charge is 0.497 e. The SMILES string of the molecule is COc1ccc(CCC(=O)N2CCN(C(=O)C34CC5CC(CC(C5)C3)C4)CC2)cc1. The van der Waals surface area contributed by atoms with Gasteiger partial charge in [0.05, 0.1) is 12.5 Å². The zero-order valence-electron chi connectivity index (χ0n) is 18.1. The first kappa shape index (κ1) is 19.9. The first-order valence-corrected chi connectivity index (χ1v) is 11.7. The zero-order valence-corrected chi connectivity index (χ0v) is 18.1. The number of carbonyl (C=O) groups excluding carboxylic acids is 2. The molecule has 4 aliphatic carbocycles. The molecular formula is C25H34N2O3. The lowest BCUT2D eigenvalue weighted by atomic mass is 9.49. The van der Waals surface area contributed by atoms with Gasteiger partial charge in [-0.25, -0.2) is 0 Å². The fraction of sp³-hybridized carbons (Fsp3) is 0.680. The van der Waals surface area contributed by atoms with Gasteiger partial charge in [-0.1, -0.05) is 12.1 Å². The molecule has 4 bridgehead atoms. The maximum absolute atomic E-state index is 13.5. The highest BCUT2D eigenvalue weighted by Crippen LogP contribution is 2.60. The highest BCUT2D eigenvalue weighted by atomic mass is 16.5. The summed E-state index contributed by atoms with van der Waals surface area (Å²) in [7, 11) is 1.66. The van der Waals surface area contributed by atoms with Crippen LogP contribution >= 0.6 is 0 Å². The molecule has 1 saturated heterocycles. The second kappa shape index (κ2) is 7.90. The Labute approximate surface area is 179 Å². The van der Waals surface area contributed by atoms with Gasteiger partial charge >= 0.3 is 0 Å². The monoisotopic (exact) mass is 410 g/mol. The third-order valence-corrected chi connectivity index (χ3v) is 8.20. The van der Waals surface area contributed by atoms with E-state index >= 15 is 0 Å². The van der Waals surface area contributed by atoms with E-state index in [2.05, 4.69) is 4.90 Å². The van der Waals surface area contributed by atoms with Crippen molar-refractivity contribution < 1.29 is 14.3 Å². The quantitative estimate of drug-likeness (QED) is 0.746. The minimum Gasteiger partial charge on any atom is -0.497 e. The highest BCUT2D eigenvalue weighted by molar-refractivity contribution is 5.84. The summed E-state index contributed by atoms with van der Waals surface area (Å²) in [6, 6.07) is 7.92. The average molecular weight is 411 g/mol. The van der Waals surface area contributed by atoms with Crippen LogP contribution in [0.3, 0.4) is 0 Å². The van der Waals surface area contributed by atoms with Crippen LogP contribution < -0.4 is 4.74 Å². The van der Waals surface area contributed by atoms with Gasteiger partial charge in [0.25, 0.3) is 0 Å². The molecule has 5 fully saturated rings. The van der Waals surface area contributed by atoms with Gasteiger partial charge in [-0.3, -0.25) is 9.59 Å². The van der Waals surface area contributed by atoms with Crippen molar-refractivity contribution in [1.82, 2.24) is 9.80 Å². The third-order valence-electron chi connectivity index (χ3n) is 8.20. The van der Waals surface area contributed by atoms with Crippen molar-refractivity contribution in [2.45, 2.75) is 51.4 Å². The molecule has 0 atom stereocenters. The molecule has 0 aromatic heterocycles. The second-order valence-electron chi connectivity index (χ2n) is 10.2. The predicted molar refractivity (Wildman–Crippen MR) is 115 cm³/mol. The van der Waals surface area contributed by atoms with Crippen LogP contribution in [0.2, 0.25) is 0 Å². The molecule has 5 aliphatic rings. The average Bonchev–Trinajstić information content (AvgIpc) is 2.76. The van der Waals surface area contributed by atoms with E-state index in [9.17, 15) is 9.59 Å². The van der Waals surface area contributed by atoms with Crippen molar-refractivity contribution in [3.8, 4) is 5.75 Å². The summed E-state index contributed by atoms with van der Waals surface area (Å²) in [5.41, 5.74) is 1.09. The third kappa shape index (κ3) is 3.72. The minimum atomic E-state index is -0.0602. The van der Waals surface area contributed by atoms with E-state index in [1.165, 1.54) is 19.3 Å². The predicted octanol–water partition coefficient (Wildman–Crippen LogP) is 3.52. The number of ether oxygens (including phenoxy) is 1. The Morgan fingerprint density at radius 2 is 1.43 bits per heavy atom. The lowest BCUT2D eigenvalue weighted by molar-refractivity contribution is -0.160. The Morgan fingerprint density at radius 3 is 1.97 bits per heavy atom. The maximum atomic E-state index is 13.5. The molecule has 1 aromatic rings. The Hall–Kier alpha value is -2.04. The summed E-state index contributed by atoms with van der Waals surface area (Å²) in [4.78, 5) is 30.2. The molecule has 0 unspecified atom stereocenters. The Morgan fingerprint density at radius 1 is 0.900 bits per heavy atom. The summed E-state index contributed by atoms with van der Waals surface area (Å²) in [6.45, 7) is 2.77. The number of rotatable bonds is 5. The molecule has 0 radical (unpaired) electrons. The molecule has 1 aromatic carbocycles. The molecular weight excluding hydrogens is 376 g/mol. The minimum absolute atomic E-state index is 0.0602. The van der Waals surface area contributed by atoms with Gasteiger partial charge < -0.3 is 14.5 Å². The molecule has 1 heterocycles. The summed E-state index contributed by atoms with van der Waals surface area (Å²) < 4.78 is 5.19. The number of piperazine rings is 1. The summed E-state index contributed by atoms with van der Waals surface area (Å²) in [6.07, 6.45) is 8.73. The Bertz CT molecular complexity index is 760. The van der Waals surface area contributed by atoms with Crippen LogP contribution in [0.25, 0.3) is 0 Å². The molecule has 5 heteroatoms. The van der Waals surface area contributed by atoms with Crippen LogP contribution in [0.5, 0.6) is 5.75 Å². The van der Waals surface area contributed by atoms with Gasteiger partial charge in [-0.15, -0.1) is 0 Å². The maximum Gasteiger partial charge on any atom is 0.228 e. The number of carbonyl (C=O) groups is 2. The summed E-state index contributed by atoms with van der Waals surface area (Å²) in [5, 5.41) is 0. The lowest BCUT2D eigenvalue weighted by Gasteiger charge is -2.57. The second-order valence-corrected chi connectivity index (χ2v) is 10.2. The number of hydrogen-bond acceptors (Lipinski definition) is 3. The smallest absolute Gasteiger partial charge is 0.228 e. The topological polar surface area (TPSA) is 49.9 Å². The fourth-order valence-electron chi connectivity index (χ4n) is 7.07. The van der Waals surface area contributed by atoms with E-state index in [-0.39, 0.29) is 11.3 Å². The molecule has 5 nitrogen and oxygen atoms in total. The summed E-state index contributed by atoms with van der Waals surface area (Å²) in [5.74, 6) is 3.83. The number of nitrogens with zero attached hydrogens (tertiary/aromatic N) is 2. The van der Waals surface area contributed by atoms with Crippen LogP contribution in [-0.2, 0) is 16.0 Å².